The molecule has 0 unspecified atom stereocenters. The van der Waals surface area contributed by atoms with Gasteiger partial charge in [0.25, 0.3) is 0 Å². The Morgan fingerprint density at radius 2 is 2.04 bits per heavy atom. The Balaban J connectivity index is 2.41. The van der Waals surface area contributed by atoms with Gasteiger partial charge in [0, 0.05) is 12.0 Å². The molecule has 1 aliphatic carbocycles. The first kappa shape index (κ1) is 19.4. The average Bonchev–Trinajstić information content (AvgIpc) is 2.85. The van der Waals surface area contributed by atoms with E-state index in [1.54, 1.807) is 19.9 Å². The smallest absolute Gasteiger partial charge is 0.334 e. The van der Waals surface area contributed by atoms with Crippen molar-refractivity contribution in [3.8, 4) is 0 Å². The van der Waals surface area contributed by atoms with Gasteiger partial charge in [-0.05, 0) is 30.1 Å². The van der Waals surface area contributed by atoms with Crippen molar-refractivity contribution in [2.75, 3.05) is 13.2 Å². The molecule has 0 amide bonds. The second kappa shape index (κ2) is 8.45. The summed E-state index contributed by atoms with van der Waals surface area (Å²) in [6, 6.07) is 0. The minimum Gasteiger partial charge on any atom is -0.461 e. The number of rotatable bonds is 4. The van der Waals surface area contributed by atoms with Crippen LogP contribution in [0, 0.1) is 11.8 Å². The quantitative estimate of drug-likeness (QED) is 0.455. The lowest BCUT2D eigenvalue weighted by Gasteiger charge is -2.28. The van der Waals surface area contributed by atoms with Crippen LogP contribution >= 0.6 is 0 Å². The third-order valence-corrected chi connectivity index (χ3v) is 4.57. The molecule has 0 bridgehead atoms. The van der Waals surface area contributed by atoms with Gasteiger partial charge in [-0.25, -0.2) is 4.79 Å². The minimum atomic E-state index is -0.661. The molecule has 0 saturated carbocycles. The van der Waals surface area contributed by atoms with Crippen LogP contribution in [-0.2, 0) is 19.1 Å². The highest BCUT2D eigenvalue weighted by Crippen LogP contribution is 2.36. The van der Waals surface area contributed by atoms with Gasteiger partial charge in [0.05, 0.1) is 25.0 Å². The molecule has 2 N–H and O–H groups in total. The predicted octanol–water partition coefficient (Wildman–Crippen LogP) is 1.67. The Morgan fingerprint density at radius 1 is 1.36 bits per heavy atom. The van der Waals surface area contributed by atoms with Crippen molar-refractivity contribution in [3.63, 3.8) is 0 Å². The molecule has 1 aliphatic heterocycles. The summed E-state index contributed by atoms with van der Waals surface area (Å²) in [4.78, 5) is 24.2. The molecule has 0 aromatic carbocycles. The van der Waals surface area contributed by atoms with E-state index >= 15 is 0 Å². The molecule has 1 heterocycles. The number of hydrogen-bond acceptors (Lipinski definition) is 6. The largest absolute Gasteiger partial charge is 0.461 e. The van der Waals surface area contributed by atoms with Gasteiger partial charge >= 0.3 is 11.9 Å². The summed E-state index contributed by atoms with van der Waals surface area (Å²) in [5.74, 6) is -1.76. The normalized spacial score (nSPS) is 31.5. The summed E-state index contributed by atoms with van der Waals surface area (Å²) < 4.78 is 11.0. The van der Waals surface area contributed by atoms with E-state index in [0.29, 0.717) is 19.3 Å². The first-order valence-corrected chi connectivity index (χ1v) is 8.56. The minimum absolute atomic E-state index is 0.147. The molecule has 2 aliphatic rings. The van der Waals surface area contributed by atoms with E-state index in [1.165, 1.54) is 0 Å². The van der Waals surface area contributed by atoms with Crippen LogP contribution in [0.25, 0.3) is 0 Å². The van der Waals surface area contributed by atoms with E-state index in [-0.39, 0.29) is 30.7 Å². The van der Waals surface area contributed by atoms with Crippen LogP contribution in [0.15, 0.2) is 35.5 Å². The molecule has 0 aromatic heterocycles. The fraction of sp³-hybridized carbons (Fsp3) is 0.579. The number of carbonyl (C=O) groups is 2. The zero-order valence-electron chi connectivity index (χ0n) is 14.7. The first-order chi connectivity index (χ1) is 11.9. The summed E-state index contributed by atoms with van der Waals surface area (Å²) in [6.07, 6.45) is 3.88. The Bertz CT molecular complexity index is 601. The molecule has 2 rings (SSSR count). The summed E-state index contributed by atoms with van der Waals surface area (Å²) in [6.45, 7) is 6.97. The fourth-order valence-corrected chi connectivity index (χ4v) is 3.09. The van der Waals surface area contributed by atoms with Crippen molar-refractivity contribution in [1.29, 1.82) is 0 Å². The van der Waals surface area contributed by atoms with Crippen LogP contribution < -0.4 is 0 Å². The Kier molecular flexibility index (Phi) is 6.56. The highest BCUT2D eigenvalue weighted by atomic mass is 16.6. The van der Waals surface area contributed by atoms with Gasteiger partial charge in [-0.2, -0.15) is 0 Å². The van der Waals surface area contributed by atoms with Gasteiger partial charge in [-0.15, -0.1) is 0 Å². The number of aliphatic hydroxyl groups is 2. The Morgan fingerprint density at radius 3 is 2.64 bits per heavy atom. The topological polar surface area (TPSA) is 93.1 Å². The summed E-state index contributed by atoms with van der Waals surface area (Å²) in [5, 5.41) is 19.2. The maximum absolute atomic E-state index is 12.1. The highest BCUT2D eigenvalue weighted by Gasteiger charge is 2.44. The number of fused-ring (bicyclic) bond motifs is 1. The molecular formula is C19H26O6. The van der Waals surface area contributed by atoms with E-state index in [2.05, 4.69) is 6.58 Å². The zero-order chi connectivity index (χ0) is 18.6. The number of aliphatic hydroxyl groups excluding tert-OH is 2. The van der Waals surface area contributed by atoms with Crippen LogP contribution in [-0.4, -0.2) is 47.6 Å². The van der Waals surface area contributed by atoms with E-state index in [1.807, 2.05) is 6.08 Å². The van der Waals surface area contributed by atoms with Crippen molar-refractivity contribution >= 4 is 11.9 Å². The number of allylic oxidation sites excluding steroid dienone is 1. The van der Waals surface area contributed by atoms with Gasteiger partial charge in [-0.1, -0.05) is 26.5 Å². The second-order valence-corrected chi connectivity index (χ2v) is 6.80. The lowest BCUT2D eigenvalue weighted by Crippen LogP contribution is -2.35. The predicted molar refractivity (Wildman–Crippen MR) is 91.4 cm³/mol. The van der Waals surface area contributed by atoms with Crippen LogP contribution in [0.4, 0.5) is 0 Å². The van der Waals surface area contributed by atoms with E-state index in [9.17, 15) is 19.8 Å². The summed E-state index contributed by atoms with van der Waals surface area (Å²) in [5.41, 5.74) is 1.71. The molecule has 0 spiro atoms. The van der Waals surface area contributed by atoms with Gasteiger partial charge in [-0.3, -0.25) is 4.79 Å². The van der Waals surface area contributed by atoms with E-state index in [0.717, 1.165) is 11.1 Å². The lowest BCUT2D eigenvalue weighted by molar-refractivity contribution is -0.155. The highest BCUT2D eigenvalue weighted by molar-refractivity contribution is 5.91. The van der Waals surface area contributed by atoms with Crippen LogP contribution in [0.5, 0.6) is 0 Å². The second-order valence-electron chi connectivity index (χ2n) is 6.80. The zero-order valence-corrected chi connectivity index (χ0v) is 14.7. The SMILES string of the molecule is C=C1C(=O)O[C@@H]2/C=C(/CO)CC/C=C(/CO)C[C@H](OC(=O)C(C)C)[C@@H]12. The van der Waals surface area contributed by atoms with Crippen molar-refractivity contribution in [2.24, 2.45) is 11.8 Å². The molecule has 0 radical (unpaired) electrons. The summed E-state index contributed by atoms with van der Waals surface area (Å²) in [7, 11) is 0. The monoisotopic (exact) mass is 350 g/mol. The van der Waals surface area contributed by atoms with Crippen molar-refractivity contribution < 1.29 is 29.3 Å². The number of carbonyl (C=O) groups excluding carboxylic acids is 2. The summed E-state index contributed by atoms with van der Waals surface area (Å²) >= 11 is 0. The van der Waals surface area contributed by atoms with E-state index < -0.39 is 24.1 Å². The maximum atomic E-state index is 12.1. The number of ether oxygens (including phenoxy) is 2. The van der Waals surface area contributed by atoms with Gasteiger partial charge in [0.15, 0.2) is 0 Å². The Labute approximate surface area is 147 Å². The molecule has 25 heavy (non-hydrogen) atoms. The standard InChI is InChI=1S/C19H26O6/c1-11(2)18(22)24-15-7-13(9-20)5-4-6-14(10-21)8-16-17(15)12(3)19(23)25-16/h5,8,11,15-17,20-21H,3-4,6-7,9-10H2,1-2H3/b13-5+,14-8+/t15-,16+,17+/m0/s1. The van der Waals surface area contributed by atoms with Gasteiger partial charge < -0.3 is 19.7 Å². The van der Waals surface area contributed by atoms with Gasteiger partial charge in [0.1, 0.15) is 12.2 Å². The lowest BCUT2D eigenvalue weighted by atomic mass is 9.85. The van der Waals surface area contributed by atoms with Crippen molar-refractivity contribution in [3.05, 3.63) is 35.5 Å². The molecule has 1 saturated heterocycles. The molecule has 6 heteroatoms. The molecule has 6 nitrogen and oxygen atoms in total. The van der Waals surface area contributed by atoms with Crippen LogP contribution in [0.2, 0.25) is 0 Å². The van der Waals surface area contributed by atoms with Crippen molar-refractivity contribution in [2.45, 2.75) is 45.3 Å². The molecule has 3 atom stereocenters. The first-order valence-electron chi connectivity index (χ1n) is 8.56. The van der Waals surface area contributed by atoms with E-state index in [4.69, 9.17) is 9.47 Å². The third kappa shape index (κ3) is 4.58. The molecular weight excluding hydrogens is 324 g/mol. The average molecular weight is 350 g/mol. The van der Waals surface area contributed by atoms with Crippen LogP contribution in [0.1, 0.15) is 33.1 Å². The molecule has 138 valence electrons. The number of esters is 2. The van der Waals surface area contributed by atoms with Crippen molar-refractivity contribution in [1.82, 2.24) is 0 Å². The van der Waals surface area contributed by atoms with Gasteiger partial charge in [0.2, 0.25) is 0 Å². The number of hydrogen-bond donors (Lipinski definition) is 2. The molecule has 0 aromatic rings. The maximum Gasteiger partial charge on any atom is 0.334 e. The fourth-order valence-electron chi connectivity index (χ4n) is 3.09. The third-order valence-electron chi connectivity index (χ3n) is 4.57. The Hall–Kier alpha value is -1.92. The molecule has 1 fully saturated rings. The van der Waals surface area contributed by atoms with Crippen LogP contribution in [0.3, 0.4) is 0 Å².